The van der Waals surface area contributed by atoms with Gasteiger partial charge in [-0.05, 0) is 36.4 Å². The Morgan fingerprint density at radius 3 is 2.91 bits per heavy atom. The molecule has 2 amide bonds. The molecule has 1 aliphatic rings. The van der Waals surface area contributed by atoms with Crippen LogP contribution in [0.4, 0.5) is 16.2 Å². The molecule has 6 heteroatoms. The third kappa shape index (κ3) is 3.17. The molecule has 1 aromatic carbocycles. The van der Waals surface area contributed by atoms with Crippen LogP contribution < -0.4 is 10.2 Å². The van der Waals surface area contributed by atoms with Gasteiger partial charge in [-0.1, -0.05) is 6.07 Å². The highest BCUT2D eigenvalue weighted by Gasteiger charge is 2.23. The summed E-state index contributed by atoms with van der Waals surface area (Å²) in [6.45, 7) is 0.885. The van der Waals surface area contributed by atoms with Gasteiger partial charge in [0.1, 0.15) is 12.4 Å². The second kappa shape index (κ2) is 6.17. The first kappa shape index (κ1) is 13.9. The van der Waals surface area contributed by atoms with E-state index in [1.807, 2.05) is 0 Å². The molecule has 1 saturated heterocycles. The van der Waals surface area contributed by atoms with Crippen LogP contribution in [0.25, 0.3) is 6.08 Å². The van der Waals surface area contributed by atoms with Gasteiger partial charge in [0, 0.05) is 17.5 Å². The fourth-order valence-electron chi connectivity index (χ4n) is 2.11. The minimum absolute atomic E-state index is 0.280. The first-order valence-corrected chi connectivity index (χ1v) is 6.79. The molecule has 0 aliphatic carbocycles. The third-order valence-electron chi connectivity index (χ3n) is 3.13. The first-order chi connectivity index (χ1) is 10.7. The first-order valence-electron chi connectivity index (χ1n) is 6.79. The van der Waals surface area contributed by atoms with Gasteiger partial charge in [0.25, 0.3) is 0 Å². The van der Waals surface area contributed by atoms with Gasteiger partial charge in [0.05, 0.1) is 12.8 Å². The minimum atomic E-state index is -0.374. The van der Waals surface area contributed by atoms with Crippen molar-refractivity contribution in [2.45, 2.75) is 0 Å². The summed E-state index contributed by atoms with van der Waals surface area (Å²) in [5.74, 6) is 0.321. The molecule has 0 unspecified atom stereocenters. The van der Waals surface area contributed by atoms with Crippen molar-refractivity contribution >= 4 is 29.5 Å². The van der Waals surface area contributed by atoms with Crippen LogP contribution in [0.3, 0.4) is 0 Å². The van der Waals surface area contributed by atoms with Crippen LogP contribution >= 0.6 is 0 Å². The van der Waals surface area contributed by atoms with Crippen LogP contribution in [0.15, 0.2) is 53.2 Å². The molecule has 1 aromatic heterocycles. The second-order valence-corrected chi connectivity index (χ2v) is 4.65. The van der Waals surface area contributed by atoms with Crippen LogP contribution in [0.5, 0.6) is 0 Å². The highest BCUT2D eigenvalue weighted by Crippen LogP contribution is 2.22. The molecule has 6 nitrogen and oxygen atoms in total. The molecule has 2 aromatic rings. The number of hydrogen-bond donors (Lipinski definition) is 1. The second-order valence-electron chi connectivity index (χ2n) is 4.65. The van der Waals surface area contributed by atoms with E-state index in [9.17, 15) is 9.59 Å². The maximum absolute atomic E-state index is 11.9. The zero-order valence-electron chi connectivity index (χ0n) is 11.7. The number of nitrogens with one attached hydrogen (secondary N) is 1. The zero-order chi connectivity index (χ0) is 15.4. The molecule has 0 atom stereocenters. The molecular formula is C16H14N2O4. The number of anilines is 2. The van der Waals surface area contributed by atoms with Crippen molar-refractivity contribution in [3.8, 4) is 0 Å². The van der Waals surface area contributed by atoms with Gasteiger partial charge in [-0.25, -0.2) is 4.79 Å². The molecule has 112 valence electrons. The average molecular weight is 298 g/mol. The molecule has 1 N–H and O–H groups in total. The molecule has 0 saturated carbocycles. The number of ether oxygens (including phenoxy) is 1. The molecule has 1 fully saturated rings. The largest absolute Gasteiger partial charge is 0.465 e. The van der Waals surface area contributed by atoms with Gasteiger partial charge in [-0.15, -0.1) is 0 Å². The van der Waals surface area contributed by atoms with E-state index in [4.69, 9.17) is 9.15 Å². The van der Waals surface area contributed by atoms with Crippen LogP contribution in [0, 0.1) is 0 Å². The molecule has 1 aliphatic heterocycles. The maximum Gasteiger partial charge on any atom is 0.414 e. The van der Waals surface area contributed by atoms with Crippen LogP contribution in [0.2, 0.25) is 0 Å². The van der Waals surface area contributed by atoms with Crippen molar-refractivity contribution in [2.75, 3.05) is 23.4 Å². The molecule has 3 rings (SSSR count). The Balaban J connectivity index is 1.67. The fraction of sp³-hybridized carbons (Fsp3) is 0.125. The number of amides is 2. The lowest BCUT2D eigenvalue weighted by Gasteiger charge is -2.13. The number of nitrogens with zero attached hydrogens (tertiary/aromatic N) is 1. The number of benzene rings is 1. The zero-order valence-corrected chi connectivity index (χ0v) is 11.7. The van der Waals surface area contributed by atoms with Gasteiger partial charge in [0.2, 0.25) is 5.91 Å². The Morgan fingerprint density at radius 1 is 1.27 bits per heavy atom. The van der Waals surface area contributed by atoms with Gasteiger partial charge in [0.15, 0.2) is 0 Å². The Hall–Kier alpha value is -3.02. The highest BCUT2D eigenvalue weighted by molar-refractivity contribution is 6.02. The van der Waals surface area contributed by atoms with Crippen molar-refractivity contribution in [3.63, 3.8) is 0 Å². The number of carbonyl (C=O) groups excluding carboxylic acids is 2. The van der Waals surface area contributed by atoms with Gasteiger partial charge < -0.3 is 14.5 Å². The summed E-state index contributed by atoms with van der Waals surface area (Å²) in [5, 5.41) is 2.74. The maximum atomic E-state index is 11.9. The lowest BCUT2D eigenvalue weighted by atomic mass is 10.2. The SMILES string of the molecule is O=C(C=Cc1ccco1)Nc1cccc(N2CCOC2=O)c1. The monoisotopic (exact) mass is 298 g/mol. The van der Waals surface area contributed by atoms with Crippen LogP contribution in [0.1, 0.15) is 5.76 Å². The van der Waals surface area contributed by atoms with Crippen LogP contribution in [-0.4, -0.2) is 25.2 Å². The Morgan fingerprint density at radius 2 is 2.18 bits per heavy atom. The number of hydrogen-bond acceptors (Lipinski definition) is 4. The van der Waals surface area contributed by atoms with Gasteiger partial charge in [-0.3, -0.25) is 9.69 Å². The molecular weight excluding hydrogens is 284 g/mol. The average Bonchev–Trinajstić information content (AvgIpc) is 3.16. The molecule has 0 bridgehead atoms. The van der Waals surface area contributed by atoms with Gasteiger partial charge >= 0.3 is 6.09 Å². The standard InChI is InChI=1S/C16H14N2O4/c19-15(7-6-14-5-2-9-21-14)17-12-3-1-4-13(11-12)18-8-10-22-16(18)20/h1-7,9,11H,8,10H2,(H,17,19). The normalized spacial score (nSPS) is 14.4. The summed E-state index contributed by atoms with van der Waals surface area (Å²) in [5.41, 5.74) is 1.29. The smallest absolute Gasteiger partial charge is 0.414 e. The minimum Gasteiger partial charge on any atom is -0.465 e. The topological polar surface area (TPSA) is 71.8 Å². The van der Waals surface area contributed by atoms with E-state index in [1.165, 1.54) is 17.2 Å². The van der Waals surface area contributed by atoms with Crippen LogP contribution in [-0.2, 0) is 9.53 Å². The predicted octanol–water partition coefficient (Wildman–Crippen LogP) is 2.89. The number of rotatable bonds is 4. The summed E-state index contributed by atoms with van der Waals surface area (Å²) in [6, 6.07) is 10.5. The van der Waals surface area contributed by atoms with Crippen molar-refractivity contribution in [1.82, 2.24) is 0 Å². The Bertz CT molecular complexity index is 707. The highest BCUT2D eigenvalue weighted by atomic mass is 16.6. The molecule has 0 spiro atoms. The molecule has 22 heavy (non-hydrogen) atoms. The summed E-state index contributed by atoms with van der Waals surface area (Å²) in [7, 11) is 0. The summed E-state index contributed by atoms with van der Waals surface area (Å²) >= 11 is 0. The summed E-state index contributed by atoms with van der Waals surface area (Å²) in [4.78, 5) is 24.9. The van der Waals surface area contributed by atoms with Crippen molar-refractivity contribution in [2.24, 2.45) is 0 Å². The van der Waals surface area contributed by atoms with E-state index in [0.29, 0.717) is 30.3 Å². The third-order valence-corrected chi connectivity index (χ3v) is 3.13. The van der Waals surface area contributed by atoms with Crippen molar-refractivity contribution < 1.29 is 18.7 Å². The lowest BCUT2D eigenvalue weighted by molar-refractivity contribution is -0.111. The van der Waals surface area contributed by atoms with E-state index < -0.39 is 0 Å². The summed E-state index contributed by atoms with van der Waals surface area (Å²) in [6.07, 6.45) is 4.13. The van der Waals surface area contributed by atoms with E-state index in [2.05, 4.69) is 5.32 Å². The molecule has 0 radical (unpaired) electrons. The van der Waals surface area contributed by atoms with Crippen molar-refractivity contribution in [3.05, 3.63) is 54.5 Å². The number of furan rings is 1. The van der Waals surface area contributed by atoms with E-state index in [1.54, 1.807) is 42.5 Å². The van der Waals surface area contributed by atoms with Crippen molar-refractivity contribution in [1.29, 1.82) is 0 Å². The predicted molar refractivity (Wildman–Crippen MR) is 81.5 cm³/mol. The molecule has 2 heterocycles. The Kier molecular flexibility index (Phi) is 3.91. The lowest BCUT2D eigenvalue weighted by Crippen LogP contribution is -2.23. The fourth-order valence-corrected chi connectivity index (χ4v) is 2.11. The number of carbonyl (C=O) groups is 2. The van der Waals surface area contributed by atoms with E-state index in [-0.39, 0.29) is 12.0 Å². The Labute approximate surface area is 127 Å². The van der Waals surface area contributed by atoms with E-state index in [0.717, 1.165) is 0 Å². The quantitative estimate of drug-likeness (QED) is 0.881. The van der Waals surface area contributed by atoms with E-state index >= 15 is 0 Å². The number of cyclic esters (lactones) is 1. The van der Waals surface area contributed by atoms with Gasteiger partial charge in [-0.2, -0.15) is 0 Å². The summed E-state index contributed by atoms with van der Waals surface area (Å²) < 4.78 is 10.0.